The third-order valence-electron chi connectivity index (χ3n) is 2.11. The van der Waals surface area contributed by atoms with Crippen LogP contribution in [-0.4, -0.2) is 14.3 Å². The minimum Gasteiger partial charge on any atom is -0.274 e. The highest BCUT2D eigenvalue weighted by Crippen LogP contribution is 2.07. The summed E-state index contributed by atoms with van der Waals surface area (Å²) in [7, 11) is -3.73. The van der Waals surface area contributed by atoms with E-state index in [9.17, 15) is 17.6 Å². The number of sulfonamides is 1. The molecule has 1 N–H and O–H groups in total. The molecule has 0 atom stereocenters. The number of amides is 1. The van der Waals surface area contributed by atoms with Crippen molar-refractivity contribution in [3.8, 4) is 0 Å². The van der Waals surface area contributed by atoms with Gasteiger partial charge in [0.15, 0.2) is 0 Å². The highest BCUT2D eigenvalue weighted by Gasteiger charge is 2.14. The molecule has 0 fully saturated rings. The first-order valence-corrected chi connectivity index (χ1v) is 6.97. The molecular weight excluding hydrogens is 257 g/mol. The molecule has 0 spiro atoms. The van der Waals surface area contributed by atoms with Crippen LogP contribution in [0, 0.1) is 5.82 Å². The minimum absolute atomic E-state index is 0.0755. The first-order chi connectivity index (χ1) is 8.43. The zero-order valence-electron chi connectivity index (χ0n) is 9.73. The van der Waals surface area contributed by atoms with Crippen molar-refractivity contribution in [1.29, 1.82) is 0 Å². The van der Waals surface area contributed by atoms with E-state index in [1.807, 2.05) is 4.72 Å². The molecule has 0 saturated carbocycles. The Balaban J connectivity index is 2.62. The normalized spacial score (nSPS) is 10.9. The average Bonchev–Trinajstić information content (AvgIpc) is 2.28. The molecule has 0 bridgehead atoms. The third-order valence-corrected chi connectivity index (χ3v) is 3.37. The van der Waals surface area contributed by atoms with Crippen LogP contribution in [0.3, 0.4) is 0 Å². The number of benzene rings is 1. The summed E-state index contributed by atoms with van der Waals surface area (Å²) < 4.78 is 37.8. The molecule has 6 heteroatoms. The fourth-order valence-corrected chi connectivity index (χ4v) is 2.45. The van der Waals surface area contributed by atoms with Gasteiger partial charge in [-0.15, -0.1) is 6.58 Å². The van der Waals surface area contributed by atoms with Crippen LogP contribution in [0.5, 0.6) is 0 Å². The van der Waals surface area contributed by atoms with Crippen molar-refractivity contribution < 1.29 is 17.6 Å². The van der Waals surface area contributed by atoms with Crippen molar-refractivity contribution in [2.75, 3.05) is 0 Å². The number of hydrogen-bond acceptors (Lipinski definition) is 3. The van der Waals surface area contributed by atoms with Crippen LogP contribution in [0.4, 0.5) is 4.39 Å². The van der Waals surface area contributed by atoms with Gasteiger partial charge < -0.3 is 0 Å². The third kappa shape index (κ3) is 5.09. The van der Waals surface area contributed by atoms with Crippen molar-refractivity contribution >= 4 is 15.9 Å². The molecule has 0 aliphatic carbocycles. The molecule has 0 radical (unpaired) electrons. The van der Waals surface area contributed by atoms with Gasteiger partial charge in [0.05, 0.1) is 5.75 Å². The second-order valence-electron chi connectivity index (χ2n) is 3.74. The maximum absolute atomic E-state index is 12.6. The number of hydrogen-bond donors (Lipinski definition) is 1. The summed E-state index contributed by atoms with van der Waals surface area (Å²) in [5, 5.41) is 0. The van der Waals surface area contributed by atoms with Crippen LogP contribution in [0.15, 0.2) is 36.9 Å². The molecule has 0 saturated heterocycles. The summed E-state index contributed by atoms with van der Waals surface area (Å²) in [6, 6.07) is 5.07. The molecule has 18 heavy (non-hydrogen) atoms. The van der Waals surface area contributed by atoms with Crippen LogP contribution in [-0.2, 0) is 20.6 Å². The first kappa shape index (κ1) is 14.4. The quantitative estimate of drug-likeness (QED) is 0.802. The van der Waals surface area contributed by atoms with Gasteiger partial charge in [0.25, 0.3) is 0 Å². The van der Waals surface area contributed by atoms with E-state index >= 15 is 0 Å². The van der Waals surface area contributed by atoms with Gasteiger partial charge in [-0.1, -0.05) is 18.2 Å². The molecule has 0 aliphatic heterocycles. The summed E-state index contributed by atoms with van der Waals surface area (Å²) in [6.07, 6.45) is 2.02. The molecule has 98 valence electrons. The molecular formula is C12H14FNO3S. The van der Waals surface area contributed by atoms with Crippen LogP contribution in [0.25, 0.3) is 0 Å². The van der Waals surface area contributed by atoms with E-state index in [4.69, 9.17) is 0 Å². The Bertz CT molecular complexity index is 523. The number of carbonyl (C=O) groups excluding carboxylic acids is 1. The van der Waals surface area contributed by atoms with Crippen LogP contribution in [0.1, 0.15) is 18.4 Å². The standard InChI is InChI=1S/C12H14FNO3S/c1-2-3-4-12(15)14-18(16,17)9-10-5-7-11(13)8-6-10/h2,5-8H,1,3-4,9H2,(H,14,15). The predicted octanol–water partition coefficient (Wildman–Crippen LogP) is 1.74. The summed E-state index contributed by atoms with van der Waals surface area (Å²) in [6.45, 7) is 3.44. The molecule has 1 aromatic carbocycles. The lowest BCUT2D eigenvalue weighted by molar-refractivity contribution is -0.119. The zero-order chi connectivity index (χ0) is 13.6. The number of nitrogens with one attached hydrogen (secondary N) is 1. The lowest BCUT2D eigenvalue weighted by Gasteiger charge is -2.06. The van der Waals surface area contributed by atoms with Crippen LogP contribution in [0.2, 0.25) is 0 Å². The Hall–Kier alpha value is -1.69. The Kier molecular flexibility index (Phi) is 5.03. The van der Waals surface area contributed by atoms with Gasteiger partial charge in [-0.25, -0.2) is 12.8 Å². The van der Waals surface area contributed by atoms with Crippen molar-refractivity contribution in [1.82, 2.24) is 4.72 Å². The molecule has 0 aliphatic rings. The second kappa shape index (κ2) is 6.30. The fourth-order valence-electron chi connectivity index (χ4n) is 1.29. The lowest BCUT2D eigenvalue weighted by Crippen LogP contribution is -2.31. The first-order valence-electron chi connectivity index (χ1n) is 5.31. The van der Waals surface area contributed by atoms with E-state index in [2.05, 4.69) is 6.58 Å². The average molecular weight is 271 g/mol. The van der Waals surface area contributed by atoms with Gasteiger partial charge in [-0.2, -0.15) is 0 Å². The van der Waals surface area contributed by atoms with Gasteiger partial charge in [-0.05, 0) is 24.1 Å². The molecule has 4 nitrogen and oxygen atoms in total. The smallest absolute Gasteiger partial charge is 0.239 e. The highest BCUT2D eigenvalue weighted by atomic mass is 32.2. The van der Waals surface area contributed by atoms with Gasteiger partial charge in [0, 0.05) is 6.42 Å². The monoisotopic (exact) mass is 271 g/mol. The van der Waals surface area contributed by atoms with E-state index in [1.54, 1.807) is 0 Å². The highest BCUT2D eigenvalue weighted by molar-refractivity contribution is 7.89. The maximum atomic E-state index is 12.6. The van der Waals surface area contributed by atoms with E-state index < -0.39 is 21.7 Å². The number of allylic oxidation sites excluding steroid dienone is 1. The topological polar surface area (TPSA) is 63.2 Å². The molecule has 1 rings (SSSR count). The zero-order valence-corrected chi connectivity index (χ0v) is 10.5. The Morgan fingerprint density at radius 2 is 1.94 bits per heavy atom. The Morgan fingerprint density at radius 1 is 1.33 bits per heavy atom. The minimum atomic E-state index is -3.73. The van der Waals surface area contributed by atoms with Crippen LogP contribution < -0.4 is 4.72 Å². The van der Waals surface area contributed by atoms with Gasteiger partial charge >= 0.3 is 0 Å². The van der Waals surface area contributed by atoms with Gasteiger partial charge in [0.2, 0.25) is 15.9 Å². The molecule has 1 aromatic rings. The van der Waals surface area contributed by atoms with Gasteiger partial charge in [0.1, 0.15) is 5.82 Å². The van der Waals surface area contributed by atoms with Crippen molar-refractivity contribution in [2.45, 2.75) is 18.6 Å². The summed E-state index contributed by atoms with van der Waals surface area (Å²) in [5.41, 5.74) is 0.417. The summed E-state index contributed by atoms with van der Waals surface area (Å²) >= 11 is 0. The molecule has 0 unspecified atom stereocenters. The predicted molar refractivity (Wildman–Crippen MR) is 66.6 cm³/mol. The Labute approximate surface area is 106 Å². The molecule has 0 aromatic heterocycles. The molecule has 0 heterocycles. The summed E-state index contributed by atoms with van der Waals surface area (Å²) in [4.78, 5) is 11.3. The lowest BCUT2D eigenvalue weighted by atomic mass is 10.2. The van der Waals surface area contributed by atoms with E-state index in [1.165, 1.54) is 30.3 Å². The Morgan fingerprint density at radius 3 is 2.50 bits per heavy atom. The molecule has 1 amide bonds. The second-order valence-corrected chi connectivity index (χ2v) is 5.46. The van der Waals surface area contributed by atoms with E-state index in [0.29, 0.717) is 12.0 Å². The fraction of sp³-hybridized carbons (Fsp3) is 0.250. The summed E-state index contributed by atoms with van der Waals surface area (Å²) in [5.74, 6) is -1.37. The van der Waals surface area contributed by atoms with Crippen molar-refractivity contribution in [3.63, 3.8) is 0 Å². The van der Waals surface area contributed by atoms with E-state index in [0.717, 1.165) is 0 Å². The van der Waals surface area contributed by atoms with Crippen LogP contribution >= 0.6 is 0 Å². The SMILES string of the molecule is C=CCCC(=O)NS(=O)(=O)Cc1ccc(F)cc1. The van der Waals surface area contributed by atoms with E-state index in [-0.39, 0.29) is 12.2 Å². The number of rotatable bonds is 6. The maximum Gasteiger partial charge on any atom is 0.239 e. The van der Waals surface area contributed by atoms with Crippen molar-refractivity contribution in [3.05, 3.63) is 48.3 Å². The van der Waals surface area contributed by atoms with Gasteiger partial charge in [-0.3, -0.25) is 9.52 Å². The largest absolute Gasteiger partial charge is 0.274 e. The number of carbonyl (C=O) groups is 1. The number of halogens is 1. The van der Waals surface area contributed by atoms with Crippen molar-refractivity contribution in [2.24, 2.45) is 0 Å².